The van der Waals surface area contributed by atoms with E-state index in [1.807, 2.05) is 6.92 Å². The van der Waals surface area contributed by atoms with E-state index in [-0.39, 0.29) is 23.0 Å². The number of fused-ring (bicyclic) bond motifs is 1. The van der Waals surface area contributed by atoms with Crippen molar-refractivity contribution in [2.45, 2.75) is 97.5 Å². The lowest BCUT2D eigenvalue weighted by molar-refractivity contribution is -0.514. The van der Waals surface area contributed by atoms with Crippen LogP contribution in [-0.4, -0.2) is 44.1 Å². The molecule has 0 radical (unpaired) electrons. The zero-order chi connectivity index (χ0) is 37.3. The van der Waals surface area contributed by atoms with Gasteiger partial charge in [-0.15, -0.1) is 33.3 Å². The Balaban J connectivity index is 1.60. The van der Waals surface area contributed by atoms with Gasteiger partial charge in [0, 0.05) is 15.1 Å². The summed E-state index contributed by atoms with van der Waals surface area (Å²) in [6.45, 7) is 5.22. The largest absolute Gasteiger partial charge is 0.573 e. The first-order valence-electron chi connectivity index (χ1n) is 16.0. The summed E-state index contributed by atoms with van der Waals surface area (Å²) in [5.74, 6) is -1.92. The molecule has 3 rings (SSSR count). The number of benzene rings is 2. The summed E-state index contributed by atoms with van der Waals surface area (Å²) in [5.41, 5.74) is 0.870. The van der Waals surface area contributed by atoms with Crippen LogP contribution in [0.3, 0.4) is 0 Å². The smallest absolute Gasteiger partial charge is 0.493 e. The van der Waals surface area contributed by atoms with E-state index in [4.69, 9.17) is 9.47 Å². The lowest BCUT2D eigenvalue weighted by Crippen LogP contribution is -2.41. The van der Waals surface area contributed by atoms with E-state index in [9.17, 15) is 44.3 Å². The van der Waals surface area contributed by atoms with Crippen LogP contribution in [0.4, 0.5) is 39.5 Å². The van der Waals surface area contributed by atoms with Crippen molar-refractivity contribution in [3.8, 4) is 21.9 Å². The molecule has 1 atom stereocenters. The van der Waals surface area contributed by atoms with Crippen LogP contribution < -0.4 is 9.47 Å². The molecule has 0 N–H and O–H groups in total. The third kappa shape index (κ3) is 13.1. The minimum atomic E-state index is -5.42. The second-order valence-corrected chi connectivity index (χ2v) is 12.9. The van der Waals surface area contributed by atoms with E-state index >= 15 is 0 Å². The van der Waals surface area contributed by atoms with Crippen molar-refractivity contribution in [3.05, 3.63) is 48.0 Å². The fourth-order valence-electron chi connectivity index (χ4n) is 4.99. The Labute approximate surface area is 287 Å². The number of aryl methyl sites for hydroxylation is 1. The van der Waals surface area contributed by atoms with Crippen molar-refractivity contribution in [2.75, 3.05) is 13.2 Å². The predicted molar refractivity (Wildman–Crippen MR) is 168 cm³/mol. The molecule has 1 aromatic heterocycles. The number of hydrogen-bond acceptors (Lipinski definition) is 7. The average molecular weight is 747 g/mol. The molecular formula is C34H39F9O6S. The maximum absolute atomic E-state index is 14.2. The van der Waals surface area contributed by atoms with E-state index < -0.39 is 62.8 Å². The Kier molecular flexibility index (Phi) is 14.3. The molecule has 1 unspecified atom stereocenters. The first-order valence-corrected chi connectivity index (χ1v) is 16.8. The maximum atomic E-state index is 14.2. The number of unbranched alkanes of at least 4 members (excludes halogenated alkanes) is 2. The predicted octanol–water partition coefficient (Wildman–Crippen LogP) is 11.4. The van der Waals surface area contributed by atoms with Crippen LogP contribution >= 0.6 is 11.3 Å². The van der Waals surface area contributed by atoms with Gasteiger partial charge >= 0.3 is 30.8 Å². The monoisotopic (exact) mass is 746 g/mol. The number of thiophene rings is 1. The van der Waals surface area contributed by atoms with Gasteiger partial charge in [0.1, 0.15) is 11.5 Å². The van der Waals surface area contributed by atoms with Crippen LogP contribution in [0.2, 0.25) is 0 Å². The van der Waals surface area contributed by atoms with E-state index in [1.54, 1.807) is 32.9 Å². The normalized spacial score (nSPS) is 13.6. The van der Waals surface area contributed by atoms with E-state index in [1.165, 1.54) is 30.3 Å². The molecule has 0 amide bonds. The number of hydrogen-bond donors (Lipinski definition) is 0. The summed E-state index contributed by atoms with van der Waals surface area (Å²) in [7, 11) is 0. The molecule has 0 spiro atoms. The summed E-state index contributed by atoms with van der Waals surface area (Å²) >= 11 is 1.08. The van der Waals surface area contributed by atoms with Gasteiger partial charge in [-0.2, -0.15) is 17.6 Å². The standard InChI is InChI=1S/C34H39F9O6S/c1-5-7-8-9-22-10-13-26(27(18-22)47-33(39,40)41)29-19-23-11-12-24(20-28(23)50-29)45-16-14-31(35,36)48-34(42,43)49-32(37,38)15-17-46-30(44)25(6-2)21(3)4/h10-13,18-21,25H,5-9,14-17H2,1-4H3. The Morgan fingerprint density at radius 1 is 0.820 bits per heavy atom. The van der Waals surface area contributed by atoms with Gasteiger partial charge in [0.05, 0.1) is 32.0 Å². The zero-order valence-corrected chi connectivity index (χ0v) is 28.6. The van der Waals surface area contributed by atoms with Crippen molar-refractivity contribution in [1.29, 1.82) is 0 Å². The number of carbonyl (C=O) groups is 1. The number of esters is 1. The van der Waals surface area contributed by atoms with Gasteiger partial charge in [0.2, 0.25) is 0 Å². The summed E-state index contributed by atoms with van der Waals surface area (Å²) in [4.78, 5) is 12.4. The molecule has 1 heterocycles. The number of alkyl halides is 9. The van der Waals surface area contributed by atoms with Crippen molar-refractivity contribution >= 4 is 27.4 Å². The lowest BCUT2D eigenvalue weighted by Gasteiger charge is -2.26. The third-order valence-electron chi connectivity index (χ3n) is 7.48. The summed E-state index contributed by atoms with van der Waals surface area (Å²) in [5, 5.41) is 0.591. The number of ether oxygens (including phenoxy) is 5. The van der Waals surface area contributed by atoms with E-state index in [0.29, 0.717) is 33.4 Å². The van der Waals surface area contributed by atoms with Crippen molar-refractivity contribution in [3.63, 3.8) is 0 Å². The van der Waals surface area contributed by atoms with Gasteiger partial charge in [-0.25, -0.2) is 9.47 Å². The van der Waals surface area contributed by atoms with Crippen LogP contribution in [0, 0.1) is 11.8 Å². The minimum Gasteiger partial charge on any atom is -0.493 e. The first kappa shape index (κ1) is 41.2. The Morgan fingerprint density at radius 2 is 1.48 bits per heavy atom. The topological polar surface area (TPSA) is 63.2 Å². The average Bonchev–Trinajstić information content (AvgIpc) is 3.38. The molecule has 6 nitrogen and oxygen atoms in total. The fourth-order valence-corrected chi connectivity index (χ4v) is 6.12. The number of halogens is 9. The van der Waals surface area contributed by atoms with Gasteiger partial charge < -0.3 is 14.2 Å². The van der Waals surface area contributed by atoms with Crippen molar-refractivity contribution in [2.24, 2.45) is 11.8 Å². The molecular weight excluding hydrogens is 707 g/mol. The number of carbonyl (C=O) groups excluding carboxylic acids is 1. The first-order chi connectivity index (χ1) is 23.2. The van der Waals surface area contributed by atoms with Gasteiger partial charge in [-0.3, -0.25) is 4.79 Å². The highest BCUT2D eigenvalue weighted by molar-refractivity contribution is 7.22. The van der Waals surface area contributed by atoms with E-state index in [2.05, 4.69) is 14.2 Å². The van der Waals surface area contributed by atoms with Crippen LogP contribution in [-0.2, 0) is 25.4 Å². The molecule has 0 saturated carbocycles. The molecule has 50 heavy (non-hydrogen) atoms. The molecule has 3 aromatic rings. The minimum absolute atomic E-state index is 0.0200. The summed E-state index contributed by atoms with van der Waals surface area (Å²) in [6, 6.07) is 10.5. The molecule has 0 aliphatic carbocycles. The third-order valence-corrected chi connectivity index (χ3v) is 8.61. The van der Waals surface area contributed by atoms with Gasteiger partial charge in [-0.1, -0.05) is 46.6 Å². The highest BCUT2D eigenvalue weighted by atomic mass is 32.1. The Bertz CT molecular complexity index is 1540. The molecule has 0 fully saturated rings. The van der Waals surface area contributed by atoms with Gasteiger partial charge in [0.15, 0.2) is 0 Å². The maximum Gasteiger partial charge on any atom is 0.573 e. The highest BCUT2D eigenvalue weighted by Gasteiger charge is 2.52. The van der Waals surface area contributed by atoms with Crippen LogP contribution in [0.25, 0.3) is 20.5 Å². The molecule has 16 heteroatoms. The molecule has 0 saturated heterocycles. The van der Waals surface area contributed by atoms with Crippen LogP contribution in [0.15, 0.2) is 42.5 Å². The Morgan fingerprint density at radius 3 is 2.08 bits per heavy atom. The zero-order valence-electron chi connectivity index (χ0n) is 27.8. The van der Waals surface area contributed by atoms with Crippen LogP contribution in [0.5, 0.6) is 11.5 Å². The van der Waals surface area contributed by atoms with Crippen molar-refractivity contribution < 1.29 is 68.0 Å². The van der Waals surface area contributed by atoms with Gasteiger partial charge in [0.25, 0.3) is 0 Å². The van der Waals surface area contributed by atoms with Gasteiger partial charge in [-0.05, 0) is 72.5 Å². The van der Waals surface area contributed by atoms with Crippen molar-refractivity contribution in [1.82, 2.24) is 0 Å². The number of rotatable bonds is 20. The summed E-state index contributed by atoms with van der Waals surface area (Å²) < 4.78 is 145. The lowest BCUT2D eigenvalue weighted by atomic mass is 9.93. The highest BCUT2D eigenvalue weighted by Crippen LogP contribution is 2.42. The Hall–Kier alpha value is -3.24. The quantitative estimate of drug-likeness (QED) is 0.0496. The molecule has 2 aromatic carbocycles. The second kappa shape index (κ2) is 17.3. The summed E-state index contributed by atoms with van der Waals surface area (Å²) in [6.07, 6.45) is -19.1. The molecule has 280 valence electrons. The van der Waals surface area contributed by atoms with Crippen LogP contribution in [0.1, 0.15) is 71.8 Å². The van der Waals surface area contributed by atoms with E-state index in [0.717, 1.165) is 30.6 Å². The molecule has 0 aliphatic heterocycles. The molecule has 0 aliphatic rings. The fraction of sp³-hybridized carbons (Fsp3) is 0.559. The molecule has 0 bridgehead atoms. The SMILES string of the molecule is CCCCCc1ccc(-c2cc3ccc(OCCC(F)(F)OC(F)(F)OC(F)(F)CCOC(=O)C(CC)C(C)C)cc3s2)c(OC(F)(F)F)c1. The second-order valence-electron chi connectivity index (χ2n) is 11.9.